The largest absolute Gasteiger partial charge is 0.310 e. The van der Waals surface area contributed by atoms with E-state index in [0.29, 0.717) is 5.92 Å². The third-order valence-electron chi connectivity index (χ3n) is 11.8. The number of fused-ring (bicyclic) bond motifs is 1. The summed E-state index contributed by atoms with van der Waals surface area (Å²) in [5, 5.41) is 2.51. The first kappa shape index (κ1) is 33.7. The Labute approximate surface area is 310 Å². The Hall–Kier alpha value is -5.40. The lowest BCUT2D eigenvalue weighted by Crippen LogP contribution is -2.21. The Morgan fingerprint density at radius 2 is 1.48 bits per heavy atom. The molecular formula is C51H49N. The monoisotopic (exact) mass is 675 g/mol. The lowest BCUT2D eigenvalue weighted by Gasteiger charge is -2.31. The van der Waals surface area contributed by atoms with Gasteiger partial charge in [0.25, 0.3) is 0 Å². The van der Waals surface area contributed by atoms with Crippen LogP contribution in [0.5, 0.6) is 0 Å². The van der Waals surface area contributed by atoms with E-state index in [1.165, 1.54) is 67.5 Å². The van der Waals surface area contributed by atoms with Gasteiger partial charge in [-0.3, -0.25) is 0 Å². The molecule has 0 radical (unpaired) electrons. The van der Waals surface area contributed by atoms with Crippen molar-refractivity contribution in [2.75, 3.05) is 4.90 Å². The average molecular weight is 676 g/mol. The molecule has 0 aromatic heterocycles. The van der Waals surface area contributed by atoms with E-state index >= 15 is 0 Å². The Kier molecular flexibility index (Phi) is 9.06. The highest BCUT2D eigenvalue weighted by atomic mass is 15.1. The summed E-state index contributed by atoms with van der Waals surface area (Å²) in [6.45, 7) is 9.10. The van der Waals surface area contributed by atoms with E-state index in [2.05, 4.69) is 202 Å². The van der Waals surface area contributed by atoms with Crippen LogP contribution in [0.2, 0.25) is 0 Å². The molecule has 6 aromatic rings. The second kappa shape index (κ2) is 14.0. The topological polar surface area (TPSA) is 3.24 Å². The van der Waals surface area contributed by atoms with Gasteiger partial charge in [-0.15, -0.1) is 0 Å². The Balaban J connectivity index is 1.09. The molecule has 258 valence electrons. The third-order valence-corrected chi connectivity index (χ3v) is 11.8. The van der Waals surface area contributed by atoms with E-state index in [0.717, 1.165) is 24.9 Å². The van der Waals surface area contributed by atoms with E-state index in [-0.39, 0.29) is 10.8 Å². The first-order valence-corrected chi connectivity index (χ1v) is 19.1. The number of hydrogen-bond acceptors (Lipinski definition) is 1. The molecule has 0 bridgehead atoms. The molecule has 0 heterocycles. The molecule has 0 saturated heterocycles. The third kappa shape index (κ3) is 6.24. The first-order chi connectivity index (χ1) is 25.4. The van der Waals surface area contributed by atoms with Gasteiger partial charge < -0.3 is 4.90 Å². The zero-order valence-corrected chi connectivity index (χ0v) is 31.0. The number of aryl methyl sites for hydroxylation is 2. The van der Waals surface area contributed by atoms with E-state index < -0.39 is 0 Å². The molecule has 6 aromatic carbocycles. The van der Waals surface area contributed by atoms with Crippen LogP contribution in [-0.2, 0) is 18.3 Å². The van der Waals surface area contributed by atoms with Gasteiger partial charge in [-0.2, -0.15) is 0 Å². The smallest absolute Gasteiger partial charge is 0.0540 e. The number of nitrogens with zero attached hydrogens (tertiary/aromatic N) is 1. The highest BCUT2D eigenvalue weighted by Crippen LogP contribution is 2.66. The number of anilines is 3. The number of para-hydroxylation sites is 1. The fourth-order valence-corrected chi connectivity index (χ4v) is 8.87. The SMILES string of the molecule is CC=C(c1ccccc1CC)C1(Cc2ccccc2)CC1C1=CCC(C)(c2ccc(N(c3ccccc3)c3cccc4ccc(C)cc34)cc2)C=C1. The van der Waals surface area contributed by atoms with Crippen LogP contribution in [0, 0.1) is 18.3 Å². The van der Waals surface area contributed by atoms with Crippen molar-refractivity contribution < 1.29 is 0 Å². The predicted octanol–water partition coefficient (Wildman–Crippen LogP) is 13.7. The van der Waals surface area contributed by atoms with E-state index in [4.69, 9.17) is 0 Å². The van der Waals surface area contributed by atoms with Crippen LogP contribution in [0.15, 0.2) is 175 Å². The number of benzene rings is 6. The van der Waals surface area contributed by atoms with Gasteiger partial charge in [0, 0.05) is 27.6 Å². The predicted molar refractivity (Wildman–Crippen MR) is 223 cm³/mol. The van der Waals surface area contributed by atoms with Crippen molar-refractivity contribution in [3.05, 3.63) is 203 Å². The van der Waals surface area contributed by atoms with Crippen molar-refractivity contribution in [3.8, 4) is 0 Å². The van der Waals surface area contributed by atoms with Gasteiger partial charge in [-0.1, -0.05) is 153 Å². The van der Waals surface area contributed by atoms with Crippen LogP contribution in [0.4, 0.5) is 17.1 Å². The minimum atomic E-state index is -0.0641. The molecule has 2 aliphatic carbocycles. The fourth-order valence-electron chi connectivity index (χ4n) is 8.87. The zero-order valence-electron chi connectivity index (χ0n) is 31.0. The van der Waals surface area contributed by atoms with Gasteiger partial charge in [-0.05, 0) is 121 Å². The molecule has 0 amide bonds. The minimum absolute atomic E-state index is 0.0641. The molecule has 0 spiro atoms. The normalized spacial score (nSPS) is 21.2. The molecule has 3 unspecified atom stereocenters. The van der Waals surface area contributed by atoms with Crippen molar-refractivity contribution in [3.63, 3.8) is 0 Å². The van der Waals surface area contributed by atoms with E-state index in [9.17, 15) is 0 Å². The maximum absolute atomic E-state index is 2.55. The molecule has 8 rings (SSSR count). The summed E-state index contributed by atoms with van der Waals surface area (Å²) in [5.74, 6) is 0.510. The number of hydrogen-bond donors (Lipinski definition) is 0. The maximum Gasteiger partial charge on any atom is 0.0540 e. The lowest BCUT2D eigenvalue weighted by molar-refractivity contribution is 0.579. The van der Waals surface area contributed by atoms with Crippen LogP contribution in [0.1, 0.15) is 61.4 Å². The van der Waals surface area contributed by atoms with Crippen molar-refractivity contribution in [2.45, 2.75) is 58.8 Å². The quantitative estimate of drug-likeness (QED) is 0.140. The second-order valence-corrected chi connectivity index (χ2v) is 15.2. The van der Waals surface area contributed by atoms with Crippen LogP contribution in [0.25, 0.3) is 16.3 Å². The summed E-state index contributed by atoms with van der Waals surface area (Å²) in [6.07, 6.45) is 14.2. The minimum Gasteiger partial charge on any atom is -0.310 e. The van der Waals surface area contributed by atoms with Crippen LogP contribution in [0.3, 0.4) is 0 Å². The van der Waals surface area contributed by atoms with Crippen molar-refractivity contribution >= 4 is 33.4 Å². The molecule has 1 heteroatoms. The highest BCUT2D eigenvalue weighted by molar-refractivity contribution is 5.99. The summed E-state index contributed by atoms with van der Waals surface area (Å²) in [4.78, 5) is 2.40. The van der Waals surface area contributed by atoms with Gasteiger partial charge in [0.15, 0.2) is 0 Å². The summed E-state index contributed by atoms with van der Waals surface area (Å²) < 4.78 is 0. The summed E-state index contributed by atoms with van der Waals surface area (Å²) in [7, 11) is 0. The van der Waals surface area contributed by atoms with Gasteiger partial charge in [0.05, 0.1) is 5.69 Å². The molecule has 1 saturated carbocycles. The number of allylic oxidation sites excluding steroid dienone is 6. The molecule has 1 fully saturated rings. The molecule has 1 nitrogen and oxygen atoms in total. The van der Waals surface area contributed by atoms with Crippen molar-refractivity contribution in [2.24, 2.45) is 11.3 Å². The van der Waals surface area contributed by atoms with Crippen molar-refractivity contribution in [1.29, 1.82) is 0 Å². The Morgan fingerprint density at radius 3 is 2.19 bits per heavy atom. The maximum atomic E-state index is 2.55. The average Bonchev–Trinajstić information content (AvgIpc) is 3.90. The highest BCUT2D eigenvalue weighted by Gasteiger charge is 2.57. The fraction of sp³-hybridized carbons (Fsp3) is 0.216. The Morgan fingerprint density at radius 1 is 0.769 bits per heavy atom. The van der Waals surface area contributed by atoms with Gasteiger partial charge >= 0.3 is 0 Å². The summed E-state index contributed by atoms with van der Waals surface area (Å²) in [5.41, 5.74) is 13.5. The summed E-state index contributed by atoms with van der Waals surface area (Å²) >= 11 is 0. The Bertz CT molecular complexity index is 2290. The van der Waals surface area contributed by atoms with Crippen LogP contribution in [-0.4, -0.2) is 0 Å². The van der Waals surface area contributed by atoms with Crippen LogP contribution >= 0.6 is 0 Å². The van der Waals surface area contributed by atoms with Crippen molar-refractivity contribution in [1.82, 2.24) is 0 Å². The molecule has 52 heavy (non-hydrogen) atoms. The zero-order chi connectivity index (χ0) is 35.7. The molecule has 2 aliphatic rings. The van der Waals surface area contributed by atoms with E-state index in [1.54, 1.807) is 0 Å². The lowest BCUT2D eigenvalue weighted by atomic mass is 9.74. The van der Waals surface area contributed by atoms with Gasteiger partial charge in [0.1, 0.15) is 0 Å². The van der Waals surface area contributed by atoms with E-state index in [1.807, 2.05) is 0 Å². The van der Waals surface area contributed by atoms with Gasteiger partial charge in [-0.25, -0.2) is 0 Å². The standard InChI is InChI=1S/C51H49N/c1-5-39-18-13-14-22-45(39)47(6-2)51(35-38-16-9-7-10-17-38)36-48(51)41-30-32-50(4,33-31-41)42-26-28-44(29-27-42)52(43-20-11-8-12-21-43)49-23-15-19-40-25-24-37(3)34-46(40)49/h6-32,34,48H,5,33,35-36H2,1-4H3. The second-order valence-electron chi connectivity index (χ2n) is 15.2. The molecule has 0 N–H and O–H groups in total. The number of rotatable bonds is 10. The van der Waals surface area contributed by atoms with Crippen LogP contribution < -0.4 is 4.90 Å². The molecule has 3 atom stereocenters. The van der Waals surface area contributed by atoms with Gasteiger partial charge in [0.2, 0.25) is 0 Å². The summed E-state index contributed by atoms with van der Waals surface area (Å²) in [6, 6.07) is 53.6. The molecule has 0 aliphatic heterocycles. The molecular weight excluding hydrogens is 627 g/mol. The first-order valence-electron chi connectivity index (χ1n) is 19.1.